The summed E-state index contributed by atoms with van der Waals surface area (Å²) in [6.45, 7) is 0.0953. The van der Waals surface area contributed by atoms with E-state index >= 15 is 0 Å². The van der Waals surface area contributed by atoms with E-state index in [2.05, 4.69) is 10.3 Å². The molecular weight excluding hydrogens is 254 g/mol. The summed E-state index contributed by atoms with van der Waals surface area (Å²) >= 11 is 0. The first kappa shape index (κ1) is 12.7. The molecule has 2 aromatic rings. The van der Waals surface area contributed by atoms with Crippen LogP contribution in [0.1, 0.15) is 23.2 Å². The lowest BCUT2D eigenvalue weighted by Crippen LogP contribution is -2.39. The van der Waals surface area contributed by atoms with Crippen molar-refractivity contribution in [2.75, 3.05) is 13.6 Å². The maximum absolute atomic E-state index is 12.3. The number of nitrogens with one attached hydrogen (secondary N) is 2. The average Bonchev–Trinajstić information content (AvgIpc) is 3.11. The highest BCUT2D eigenvalue weighted by Crippen LogP contribution is 2.18. The lowest BCUT2D eigenvalue weighted by Gasteiger charge is -2.16. The SMILES string of the molecule is CN(CC(=O)NC1CC1)C(=O)c1ccc2cc[nH]c2c1. The summed E-state index contributed by atoms with van der Waals surface area (Å²) in [5, 5.41) is 3.94. The van der Waals surface area contributed by atoms with Crippen LogP contribution in [0.15, 0.2) is 30.5 Å². The van der Waals surface area contributed by atoms with Gasteiger partial charge in [-0.05, 0) is 36.4 Å². The summed E-state index contributed by atoms with van der Waals surface area (Å²) in [6, 6.07) is 7.77. The molecule has 1 aliphatic rings. The highest BCUT2D eigenvalue weighted by Gasteiger charge is 2.24. The highest BCUT2D eigenvalue weighted by molar-refractivity contribution is 5.99. The number of amides is 2. The van der Waals surface area contributed by atoms with Crippen molar-refractivity contribution in [2.45, 2.75) is 18.9 Å². The number of carbonyl (C=O) groups excluding carboxylic acids is 2. The third kappa shape index (κ3) is 2.66. The van der Waals surface area contributed by atoms with E-state index in [0.717, 1.165) is 23.7 Å². The fourth-order valence-electron chi connectivity index (χ4n) is 2.19. The molecule has 20 heavy (non-hydrogen) atoms. The van der Waals surface area contributed by atoms with Gasteiger partial charge in [-0.1, -0.05) is 6.07 Å². The number of rotatable bonds is 4. The van der Waals surface area contributed by atoms with Gasteiger partial charge in [-0.2, -0.15) is 0 Å². The number of H-pyrrole nitrogens is 1. The third-order valence-electron chi connectivity index (χ3n) is 3.47. The Morgan fingerprint density at radius 3 is 2.90 bits per heavy atom. The molecule has 0 spiro atoms. The predicted molar refractivity (Wildman–Crippen MR) is 76.4 cm³/mol. The van der Waals surface area contributed by atoms with Gasteiger partial charge in [0, 0.05) is 30.4 Å². The minimum Gasteiger partial charge on any atom is -0.361 e. The maximum atomic E-state index is 12.3. The Hall–Kier alpha value is -2.30. The Morgan fingerprint density at radius 1 is 1.35 bits per heavy atom. The summed E-state index contributed by atoms with van der Waals surface area (Å²) < 4.78 is 0. The molecule has 0 bridgehead atoms. The molecule has 1 aliphatic carbocycles. The zero-order valence-electron chi connectivity index (χ0n) is 11.3. The number of carbonyl (C=O) groups is 2. The zero-order chi connectivity index (χ0) is 14.1. The molecule has 0 radical (unpaired) electrons. The molecule has 1 aromatic carbocycles. The van der Waals surface area contributed by atoms with Crippen molar-refractivity contribution in [3.8, 4) is 0 Å². The van der Waals surface area contributed by atoms with E-state index in [1.165, 1.54) is 4.90 Å². The van der Waals surface area contributed by atoms with E-state index in [-0.39, 0.29) is 18.4 Å². The molecule has 0 atom stereocenters. The number of hydrogen-bond donors (Lipinski definition) is 2. The van der Waals surface area contributed by atoms with Gasteiger partial charge in [-0.3, -0.25) is 9.59 Å². The molecule has 5 nitrogen and oxygen atoms in total. The van der Waals surface area contributed by atoms with Crippen LogP contribution in [-0.4, -0.2) is 41.3 Å². The molecule has 0 aliphatic heterocycles. The Kier molecular flexibility index (Phi) is 3.18. The molecule has 1 aromatic heterocycles. The molecule has 1 fully saturated rings. The first-order valence-corrected chi connectivity index (χ1v) is 6.75. The van der Waals surface area contributed by atoms with E-state index < -0.39 is 0 Å². The molecule has 2 N–H and O–H groups in total. The minimum atomic E-state index is -0.146. The van der Waals surface area contributed by atoms with Gasteiger partial charge < -0.3 is 15.2 Å². The number of aromatic amines is 1. The van der Waals surface area contributed by atoms with Crippen molar-refractivity contribution in [2.24, 2.45) is 0 Å². The lowest BCUT2D eigenvalue weighted by molar-refractivity contribution is -0.121. The lowest BCUT2D eigenvalue weighted by atomic mass is 10.1. The second kappa shape index (κ2) is 5.00. The van der Waals surface area contributed by atoms with Crippen LogP contribution < -0.4 is 5.32 Å². The fraction of sp³-hybridized carbons (Fsp3) is 0.333. The van der Waals surface area contributed by atoms with Gasteiger partial charge in [0.1, 0.15) is 0 Å². The van der Waals surface area contributed by atoms with Crippen molar-refractivity contribution in [3.63, 3.8) is 0 Å². The Balaban J connectivity index is 1.68. The Bertz CT molecular complexity index is 658. The predicted octanol–water partition coefficient (Wildman–Crippen LogP) is 1.52. The highest BCUT2D eigenvalue weighted by atomic mass is 16.2. The molecule has 3 rings (SSSR count). The monoisotopic (exact) mass is 271 g/mol. The number of benzene rings is 1. The van der Waals surface area contributed by atoms with Crippen LogP contribution in [0.5, 0.6) is 0 Å². The van der Waals surface area contributed by atoms with Crippen LogP contribution in [0, 0.1) is 0 Å². The second-order valence-electron chi connectivity index (χ2n) is 5.28. The molecule has 1 heterocycles. The molecule has 2 amide bonds. The number of aromatic nitrogens is 1. The van der Waals surface area contributed by atoms with E-state index in [1.807, 2.05) is 24.4 Å². The van der Waals surface area contributed by atoms with Crippen LogP contribution in [0.25, 0.3) is 10.9 Å². The summed E-state index contributed by atoms with van der Waals surface area (Å²) in [4.78, 5) is 28.5. The molecule has 104 valence electrons. The van der Waals surface area contributed by atoms with Crippen molar-refractivity contribution in [3.05, 3.63) is 36.0 Å². The van der Waals surface area contributed by atoms with Gasteiger partial charge >= 0.3 is 0 Å². The number of hydrogen-bond acceptors (Lipinski definition) is 2. The maximum Gasteiger partial charge on any atom is 0.254 e. The average molecular weight is 271 g/mol. The van der Waals surface area contributed by atoms with E-state index in [9.17, 15) is 9.59 Å². The second-order valence-corrected chi connectivity index (χ2v) is 5.28. The molecule has 1 saturated carbocycles. The van der Waals surface area contributed by atoms with E-state index in [0.29, 0.717) is 11.6 Å². The van der Waals surface area contributed by atoms with Gasteiger partial charge in [0.2, 0.25) is 5.91 Å². The van der Waals surface area contributed by atoms with Crippen LogP contribution in [-0.2, 0) is 4.79 Å². The smallest absolute Gasteiger partial charge is 0.254 e. The minimum absolute atomic E-state index is 0.0932. The molecule has 0 saturated heterocycles. The number of fused-ring (bicyclic) bond motifs is 1. The Morgan fingerprint density at radius 2 is 2.15 bits per heavy atom. The standard InChI is InChI=1S/C15H17N3O2/c1-18(9-14(19)17-12-4-5-12)15(20)11-3-2-10-6-7-16-13(10)8-11/h2-3,6-8,12,16H,4-5,9H2,1H3,(H,17,19). The fourth-order valence-corrected chi connectivity index (χ4v) is 2.19. The van der Waals surface area contributed by atoms with Crippen LogP contribution >= 0.6 is 0 Å². The third-order valence-corrected chi connectivity index (χ3v) is 3.47. The molecular formula is C15H17N3O2. The summed E-state index contributed by atoms with van der Waals surface area (Å²) in [6.07, 6.45) is 3.94. The zero-order valence-corrected chi connectivity index (χ0v) is 11.3. The largest absolute Gasteiger partial charge is 0.361 e. The van der Waals surface area contributed by atoms with E-state index in [1.54, 1.807) is 13.1 Å². The first-order valence-electron chi connectivity index (χ1n) is 6.75. The Labute approximate surface area is 117 Å². The van der Waals surface area contributed by atoms with Crippen LogP contribution in [0.2, 0.25) is 0 Å². The summed E-state index contributed by atoms with van der Waals surface area (Å²) in [7, 11) is 1.65. The molecule has 0 unspecified atom stereocenters. The number of likely N-dealkylation sites (N-methyl/N-ethyl adjacent to an activating group) is 1. The summed E-state index contributed by atoms with van der Waals surface area (Å²) in [5.41, 5.74) is 1.51. The summed E-state index contributed by atoms with van der Waals surface area (Å²) in [5.74, 6) is -0.239. The van der Waals surface area contributed by atoms with Crippen LogP contribution in [0.3, 0.4) is 0 Å². The van der Waals surface area contributed by atoms with Gasteiger partial charge in [-0.15, -0.1) is 0 Å². The topological polar surface area (TPSA) is 65.2 Å². The van der Waals surface area contributed by atoms with Gasteiger partial charge in [-0.25, -0.2) is 0 Å². The van der Waals surface area contributed by atoms with Crippen molar-refractivity contribution < 1.29 is 9.59 Å². The number of nitrogens with zero attached hydrogens (tertiary/aromatic N) is 1. The van der Waals surface area contributed by atoms with Gasteiger partial charge in [0.05, 0.1) is 6.54 Å². The van der Waals surface area contributed by atoms with E-state index in [4.69, 9.17) is 0 Å². The van der Waals surface area contributed by atoms with Crippen molar-refractivity contribution in [1.82, 2.24) is 15.2 Å². The quantitative estimate of drug-likeness (QED) is 0.885. The van der Waals surface area contributed by atoms with Crippen molar-refractivity contribution in [1.29, 1.82) is 0 Å². The first-order chi connectivity index (χ1) is 9.63. The normalized spacial score (nSPS) is 14.2. The van der Waals surface area contributed by atoms with Gasteiger partial charge in [0.15, 0.2) is 0 Å². The van der Waals surface area contributed by atoms with Gasteiger partial charge in [0.25, 0.3) is 5.91 Å². The van der Waals surface area contributed by atoms with Crippen LogP contribution in [0.4, 0.5) is 0 Å². The molecule has 5 heteroatoms. The van der Waals surface area contributed by atoms with Crippen molar-refractivity contribution >= 4 is 22.7 Å².